The predicted molar refractivity (Wildman–Crippen MR) is 290 cm³/mol. The van der Waals surface area contributed by atoms with Gasteiger partial charge in [-0.3, -0.25) is 0 Å². The summed E-state index contributed by atoms with van der Waals surface area (Å²) in [5.41, 5.74) is 0. The van der Waals surface area contributed by atoms with E-state index in [9.17, 15) is 14.4 Å². The molecular formula is C60H111InO6. The molecule has 0 unspecified atom stereocenters. The number of hydrogen-bond acceptors (Lipinski definition) is 6. The van der Waals surface area contributed by atoms with E-state index < -0.39 is 40.7 Å². The molecule has 0 rings (SSSR count). The Hall–Kier alpha value is -1.50. The summed E-state index contributed by atoms with van der Waals surface area (Å²) < 4.78 is 17.0. The molecule has 0 radical (unpaired) electrons. The molecule has 0 atom stereocenters. The van der Waals surface area contributed by atoms with E-state index in [2.05, 4.69) is 57.2 Å². The van der Waals surface area contributed by atoms with Crippen molar-refractivity contribution in [3.8, 4) is 0 Å². The fraction of sp³-hybridized carbons (Fsp3) is 0.850. The minimum atomic E-state index is -4.12. The molecule has 67 heavy (non-hydrogen) atoms. The average Bonchev–Trinajstić information content (AvgIpc) is 3.32. The summed E-state index contributed by atoms with van der Waals surface area (Å²) >= 11 is -4.12. The fourth-order valence-corrected chi connectivity index (χ4v) is 11.9. The molecule has 0 N–H and O–H groups in total. The number of allylic oxidation sites excluding steroid dienone is 6. The van der Waals surface area contributed by atoms with Gasteiger partial charge in [-0.2, -0.15) is 0 Å². The number of carbonyl (C=O) groups is 3. The van der Waals surface area contributed by atoms with E-state index in [1.54, 1.807) is 0 Å². The van der Waals surface area contributed by atoms with Crippen LogP contribution in [0.2, 0.25) is 0 Å². The van der Waals surface area contributed by atoms with E-state index >= 15 is 0 Å². The molecule has 0 amide bonds. The van der Waals surface area contributed by atoms with Crippen LogP contribution in [0.15, 0.2) is 36.5 Å². The molecule has 0 saturated carbocycles. The third kappa shape index (κ3) is 55.3. The predicted octanol–water partition coefficient (Wildman–Crippen LogP) is 20.1. The van der Waals surface area contributed by atoms with Crippen LogP contribution in [0.1, 0.15) is 329 Å². The van der Waals surface area contributed by atoms with Crippen LogP contribution in [0, 0.1) is 0 Å². The third-order valence-electron chi connectivity index (χ3n) is 13.1. The maximum atomic E-state index is 12.9. The fourth-order valence-electron chi connectivity index (χ4n) is 8.65. The van der Waals surface area contributed by atoms with Gasteiger partial charge in [-0.1, -0.05) is 156 Å². The molecule has 0 aromatic carbocycles. The molecule has 0 aromatic heterocycles. The molecular weight excluding hydrogens is 931 g/mol. The number of carbonyl (C=O) groups excluding carboxylic acids is 3. The second-order valence-electron chi connectivity index (χ2n) is 19.9. The van der Waals surface area contributed by atoms with Crippen molar-refractivity contribution in [1.29, 1.82) is 0 Å². The molecule has 0 aromatic rings. The van der Waals surface area contributed by atoms with Gasteiger partial charge in [0.15, 0.2) is 0 Å². The number of unbranched alkanes of at least 4 members (excludes halogenated alkanes) is 39. The SMILES string of the molecule is CCCCCCCCCC/C=C\CCCCCCCC(=O)[O][In]([O]C(=O)CCCCCCC/C=C\CCCCCCCCCC)[O]C(=O)CCCCCCC/C=C\CCCCCCCCCC. The van der Waals surface area contributed by atoms with E-state index in [1.807, 2.05) is 0 Å². The van der Waals surface area contributed by atoms with Crippen molar-refractivity contribution in [2.75, 3.05) is 0 Å². The quantitative estimate of drug-likeness (QED) is 0.0446. The zero-order valence-corrected chi connectivity index (χ0v) is 48.2. The van der Waals surface area contributed by atoms with Crippen molar-refractivity contribution >= 4 is 40.7 Å². The summed E-state index contributed by atoms with van der Waals surface area (Å²) in [6, 6.07) is 0. The van der Waals surface area contributed by atoms with Crippen molar-refractivity contribution in [2.24, 2.45) is 0 Å². The standard InChI is InChI=1S/3C20H38O2.In/c3*1-2-3-4-5-6-7-8-9-10-11-12-13-14-15-16-17-18-19-20(21)22;/h3*11-12H,2-10,13-19H2,1H3,(H,21,22);/q;;;+3/p-3/b3*12-11-;. The van der Waals surface area contributed by atoms with Crippen LogP contribution in [0.5, 0.6) is 0 Å². The van der Waals surface area contributed by atoms with E-state index in [-0.39, 0.29) is 19.3 Å². The maximum absolute atomic E-state index is 12.9. The van der Waals surface area contributed by atoms with Crippen molar-refractivity contribution in [1.82, 2.24) is 0 Å². The summed E-state index contributed by atoms with van der Waals surface area (Å²) in [6.07, 6.45) is 69.9. The Morgan fingerprint density at radius 1 is 0.254 bits per heavy atom. The number of hydrogen-bond donors (Lipinski definition) is 0. The molecule has 6 nitrogen and oxygen atoms in total. The summed E-state index contributed by atoms with van der Waals surface area (Å²) in [5.74, 6) is -1.20. The van der Waals surface area contributed by atoms with Crippen LogP contribution in [0.3, 0.4) is 0 Å². The zero-order chi connectivity index (χ0) is 48.6. The van der Waals surface area contributed by atoms with Gasteiger partial charge in [0.2, 0.25) is 0 Å². The molecule has 0 heterocycles. The van der Waals surface area contributed by atoms with Crippen molar-refractivity contribution < 1.29 is 22.9 Å². The topological polar surface area (TPSA) is 78.9 Å². The van der Waals surface area contributed by atoms with Crippen LogP contribution >= 0.6 is 0 Å². The zero-order valence-electron chi connectivity index (χ0n) is 44.9. The first-order chi connectivity index (χ1) is 33.0. The van der Waals surface area contributed by atoms with Crippen molar-refractivity contribution in [2.45, 2.75) is 329 Å². The van der Waals surface area contributed by atoms with Gasteiger partial charge in [0.25, 0.3) is 0 Å². The first kappa shape index (κ1) is 65.5. The summed E-state index contributed by atoms with van der Waals surface area (Å²) in [5, 5.41) is 0. The summed E-state index contributed by atoms with van der Waals surface area (Å²) in [7, 11) is 0. The van der Waals surface area contributed by atoms with Gasteiger partial charge >= 0.3 is 254 Å². The van der Waals surface area contributed by atoms with Crippen LogP contribution in [0.25, 0.3) is 0 Å². The first-order valence-electron chi connectivity index (χ1n) is 29.6. The summed E-state index contributed by atoms with van der Waals surface area (Å²) in [4.78, 5) is 38.6. The van der Waals surface area contributed by atoms with Gasteiger partial charge < -0.3 is 0 Å². The average molecular weight is 1040 g/mol. The Morgan fingerprint density at radius 2 is 0.418 bits per heavy atom. The second kappa shape index (κ2) is 57.1. The molecule has 390 valence electrons. The minimum absolute atomic E-state index is 0.268. The Balaban J connectivity index is 4.40. The van der Waals surface area contributed by atoms with Crippen molar-refractivity contribution in [3.63, 3.8) is 0 Å². The van der Waals surface area contributed by atoms with E-state index in [0.29, 0.717) is 0 Å². The van der Waals surface area contributed by atoms with Gasteiger partial charge in [-0.25, -0.2) is 0 Å². The van der Waals surface area contributed by atoms with E-state index in [0.717, 1.165) is 96.3 Å². The van der Waals surface area contributed by atoms with Gasteiger partial charge in [-0.15, -0.1) is 0 Å². The van der Waals surface area contributed by atoms with Gasteiger partial charge in [0, 0.05) is 0 Å². The van der Waals surface area contributed by atoms with Crippen LogP contribution in [0.4, 0.5) is 0 Å². The Kier molecular flexibility index (Phi) is 55.8. The first-order valence-corrected chi connectivity index (χ1v) is 33.6. The normalized spacial score (nSPS) is 11.7. The van der Waals surface area contributed by atoms with Crippen molar-refractivity contribution in [3.05, 3.63) is 36.5 Å². The van der Waals surface area contributed by atoms with E-state index in [4.69, 9.17) is 8.56 Å². The molecule has 0 saturated heterocycles. The van der Waals surface area contributed by atoms with Crippen LogP contribution in [-0.4, -0.2) is 40.7 Å². The Morgan fingerprint density at radius 3 is 0.612 bits per heavy atom. The molecule has 0 aliphatic heterocycles. The van der Waals surface area contributed by atoms with Crippen LogP contribution < -0.4 is 0 Å². The van der Waals surface area contributed by atoms with Gasteiger partial charge in [0.1, 0.15) is 0 Å². The van der Waals surface area contributed by atoms with E-state index in [1.165, 1.54) is 193 Å². The van der Waals surface area contributed by atoms with Gasteiger partial charge in [-0.05, 0) is 19.3 Å². The smallest absolute Gasteiger partial charge is 0.0654 e. The third-order valence-corrected chi connectivity index (χ3v) is 17.0. The Bertz CT molecular complexity index is 996. The Labute approximate surface area is 426 Å². The van der Waals surface area contributed by atoms with Crippen LogP contribution in [-0.2, 0) is 22.9 Å². The molecule has 0 aliphatic rings. The van der Waals surface area contributed by atoms with Gasteiger partial charge in [0.05, 0.1) is 0 Å². The summed E-state index contributed by atoms with van der Waals surface area (Å²) in [6.45, 7) is 6.82. The molecule has 0 fully saturated rings. The minimum Gasteiger partial charge on any atom is -0.0654 e. The molecule has 0 spiro atoms. The molecule has 0 aliphatic carbocycles. The molecule has 0 bridgehead atoms. The monoisotopic (exact) mass is 1040 g/mol. The molecule has 7 heteroatoms. The number of rotatable bonds is 54. The second-order valence-corrected chi connectivity index (χ2v) is 23.5.